The van der Waals surface area contributed by atoms with Crippen molar-refractivity contribution in [1.29, 1.82) is 0 Å². The van der Waals surface area contributed by atoms with Gasteiger partial charge in [-0.1, -0.05) is 6.42 Å². The summed E-state index contributed by atoms with van der Waals surface area (Å²) in [5.41, 5.74) is 0.610. The maximum atomic E-state index is 10.6. The number of carboxylic acids is 1. The molecule has 0 amide bonds. The zero-order valence-corrected chi connectivity index (χ0v) is 10.2. The van der Waals surface area contributed by atoms with Crippen molar-refractivity contribution in [3.05, 3.63) is 18.1 Å². The van der Waals surface area contributed by atoms with Gasteiger partial charge in [0.15, 0.2) is 5.69 Å². The molecule has 0 saturated heterocycles. The van der Waals surface area contributed by atoms with E-state index in [0.717, 1.165) is 12.5 Å². The predicted octanol–water partition coefficient (Wildman–Crippen LogP) is 2.17. The van der Waals surface area contributed by atoms with Gasteiger partial charge in [0.1, 0.15) is 5.82 Å². The van der Waals surface area contributed by atoms with E-state index in [1.165, 1.54) is 44.5 Å². The van der Waals surface area contributed by atoms with Crippen molar-refractivity contribution in [1.82, 2.24) is 9.97 Å². The number of carboxylic acid groups (broad SMARTS) is 1. The topological polar surface area (TPSA) is 75.1 Å². The first-order valence-corrected chi connectivity index (χ1v) is 6.49. The molecule has 0 aromatic carbocycles. The van der Waals surface area contributed by atoms with Gasteiger partial charge >= 0.3 is 5.97 Å². The van der Waals surface area contributed by atoms with Crippen molar-refractivity contribution in [3.8, 4) is 0 Å². The summed E-state index contributed by atoms with van der Waals surface area (Å²) in [6.07, 6.45) is 9.55. The Morgan fingerprint density at radius 3 is 2.94 bits per heavy atom. The molecule has 1 heterocycles. The number of aromatic carboxylic acids is 1. The quantitative estimate of drug-likeness (QED) is 0.834. The number of nitrogens with zero attached hydrogens (tertiary/aromatic N) is 2. The van der Waals surface area contributed by atoms with E-state index in [0.29, 0.717) is 11.2 Å². The summed E-state index contributed by atoms with van der Waals surface area (Å²) in [6, 6.07) is 0. The van der Waals surface area contributed by atoms with Crippen molar-refractivity contribution in [2.24, 2.45) is 11.3 Å². The molecule has 2 N–H and O–H groups in total. The molecule has 2 aliphatic carbocycles. The summed E-state index contributed by atoms with van der Waals surface area (Å²) in [5.74, 6) is 0.589. The Morgan fingerprint density at radius 1 is 1.50 bits per heavy atom. The maximum absolute atomic E-state index is 10.6. The van der Waals surface area contributed by atoms with Crippen LogP contribution in [0.2, 0.25) is 0 Å². The highest BCUT2D eigenvalue weighted by atomic mass is 16.4. The fourth-order valence-corrected chi connectivity index (χ4v) is 3.25. The number of nitrogens with one attached hydrogen (secondary N) is 1. The van der Waals surface area contributed by atoms with E-state index in [1.807, 2.05) is 0 Å². The molecule has 2 atom stereocenters. The molecular formula is C13H17N3O2. The standard InChI is InChI=1S/C13H17N3O2/c17-12(18)10-7-16-11(8-15-10)14-5-4-13-3-1-2-9(13)6-13/h7-9H,1-6H2,(H,14,16)(H,17,18)/t9-,13-/m1/s1. The summed E-state index contributed by atoms with van der Waals surface area (Å²) in [4.78, 5) is 18.5. The van der Waals surface area contributed by atoms with E-state index < -0.39 is 5.97 Å². The Balaban J connectivity index is 1.50. The lowest BCUT2D eigenvalue weighted by molar-refractivity contribution is 0.0690. The van der Waals surface area contributed by atoms with Crippen LogP contribution < -0.4 is 5.32 Å². The van der Waals surface area contributed by atoms with Crippen LogP contribution in [-0.4, -0.2) is 27.6 Å². The molecule has 96 valence electrons. The highest BCUT2D eigenvalue weighted by Gasteiger charge is 2.55. The first-order chi connectivity index (χ1) is 8.70. The van der Waals surface area contributed by atoms with Gasteiger partial charge in [-0.3, -0.25) is 0 Å². The molecule has 0 unspecified atom stereocenters. The molecule has 2 saturated carbocycles. The van der Waals surface area contributed by atoms with Gasteiger partial charge in [-0.15, -0.1) is 0 Å². The van der Waals surface area contributed by atoms with Gasteiger partial charge in [0.2, 0.25) is 0 Å². The van der Waals surface area contributed by atoms with Crippen molar-refractivity contribution >= 4 is 11.8 Å². The summed E-state index contributed by atoms with van der Waals surface area (Å²) in [7, 11) is 0. The third-order valence-corrected chi connectivity index (χ3v) is 4.39. The molecule has 0 radical (unpaired) electrons. The lowest BCUT2D eigenvalue weighted by atomic mass is 9.99. The third-order valence-electron chi connectivity index (χ3n) is 4.39. The fourth-order valence-electron chi connectivity index (χ4n) is 3.25. The van der Waals surface area contributed by atoms with E-state index in [2.05, 4.69) is 15.3 Å². The van der Waals surface area contributed by atoms with Crippen LogP contribution in [0.3, 0.4) is 0 Å². The molecule has 3 rings (SSSR count). The molecule has 0 aliphatic heterocycles. The predicted molar refractivity (Wildman–Crippen MR) is 66.5 cm³/mol. The zero-order chi connectivity index (χ0) is 12.6. The summed E-state index contributed by atoms with van der Waals surface area (Å²) < 4.78 is 0. The molecule has 5 nitrogen and oxygen atoms in total. The van der Waals surface area contributed by atoms with Gasteiger partial charge in [-0.2, -0.15) is 0 Å². The molecule has 0 bridgehead atoms. The van der Waals surface area contributed by atoms with Crippen LogP contribution in [0.5, 0.6) is 0 Å². The number of aromatic nitrogens is 2. The Morgan fingerprint density at radius 2 is 2.39 bits per heavy atom. The molecule has 5 heteroatoms. The van der Waals surface area contributed by atoms with Crippen molar-refractivity contribution in [3.63, 3.8) is 0 Å². The number of anilines is 1. The van der Waals surface area contributed by atoms with Gasteiger partial charge < -0.3 is 10.4 Å². The average Bonchev–Trinajstić information content (AvgIpc) is 2.91. The van der Waals surface area contributed by atoms with E-state index in [9.17, 15) is 4.79 Å². The highest BCUT2D eigenvalue weighted by molar-refractivity contribution is 5.84. The van der Waals surface area contributed by atoms with Crippen molar-refractivity contribution in [2.75, 3.05) is 11.9 Å². The number of carbonyl (C=O) groups is 1. The second kappa shape index (κ2) is 4.23. The van der Waals surface area contributed by atoms with E-state index in [4.69, 9.17) is 5.11 Å². The molecular weight excluding hydrogens is 230 g/mol. The van der Waals surface area contributed by atoms with Gasteiger partial charge in [-0.05, 0) is 37.0 Å². The number of fused-ring (bicyclic) bond motifs is 1. The number of rotatable bonds is 5. The van der Waals surface area contributed by atoms with E-state index >= 15 is 0 Å². The molecule has 1 aromatic heterocycles. The second-order valence-electron chi connectivity index (χ2n) is 5.42. The Kier molecular flexibility index (Phi) is 2.69. The van der Waals surface area contributed by atoms with Gasteiger partial charge in [0, 0.05) is 6.54 Å². The van der Waals surface area contributed by atoms with Crippen LogP contribution in [0.1, 0.15) is 42.6 Å². The number of hydrogen-bond acceptors (Lipinski definition) is 4. The normalized spacial score (nSPS) is 28.8. The van der Waals surface area contributed by atoms with Crippen LogP contribution in [0.25, 0.3) is 0 Å². The minimum absolute atomic E-state index is 0.0165. The zero-order valence-electron chi connectivity index (χ0n) is 10.2. The Labute approximate surface area is 106 Å². The summed E-state index contributed by atoms with van der Waals surface area (Å²) >= 11 is 0. The molecule has 2 aliphatic rings. The Hall–Kier alpha value is -1.65. The smallest absolute Gasteiger partial charge is 0.356 e. The van der Waals surface area contributed by atoms with E-state index in [-0.39, 0.29) is 5.69 Å². The monoisotopic (exact) mass is 247 g/mol. The minimum Gasteiger partial charge on any atom is -0.476 e. The largest absolute Gasteiger partial charge is 0.476 e. The average molecular weight is 247 g/mol. The first kappa shape index (κ1) is 11.4. The molecule has 2 fully saturated rings. The summed E-state index contributed by atoms with van der Waals surface area (Å²) in [6.45, 7) is 0.900. The Bertz CT molecular complexity index is 460. The van der Waals surface area contributed by atoms with Gasteiger partial charge in [0.05, 0.1) is 12.4 Å². The lowest BCUT2D eigenvalue weighted by Crippen LogP contribution is -2.11. The maximum Gasteiger partial charge on any atom is 0.356 e. The molecule has 0 spiro atoms. The first-order valence-electron chi connectivity index (χ1n) is 6.49. The van der Waals surface area contributed by atoms with Crippen LogP contribution in [-0.2, 0) is 0 Å². The van der Waals surface area contributed by atoms with Crippen molar-refractivity contribution in [2.45, 2.75) is 32.1 Å². The van der Waals surface area contributed by atoms with Crippen molar-refractivity contribution < 1.29 is 9.90 Å². The highest BCUT2D eigenvalue weighted by Crippen LogP contribution is 2.65. The third kappa shape index (κ3) is 2.05. The van der Waals surface area contributed by atoms with Gasteiger partial charge in [-0.25, -0.2) is 14.8 Å². The summed E-state index contributed by atoms with van der Waals surface area (Å²) in [5, 5.41) is 11.9. The van der Waals surface area contributed by atoms with Crippen LogP contribution >= 0.6 is 0 Å². The number of hydrogen-bond donors (Lipinski definition) is 2. The van der Waals surface area contributed by atoms with Gasteiger partial charge in [0.25, 0.3) is 0 Å². The lowest BCUT2D eigenvalue weighted by Gasteiger charge is -2.12. The minimum atomic E-state index is -1.04. The fraction of sp³-hybridized carbons (Fsp3) is 0.615. The van der Waals surface area contributed by atoms with Crippen LogP contribution in [0.4, 0.5) is 5.82 Å². The second-order valence-corrected chi connectivity index (χ2v) is 5.42. The van der Waals surface area contributed by atoms with E-state index in [1.54, 1.807) is 0 Å². The molecule has 18 heavy (non-hydrogen) atoms. The SMILES string of the molecule is O=C(O)c1cnc(NCC[C@@]23CCC[C@@H]2C3)cn1. The molecule has 1 aromatic rings. The van der Waals surface area contributed by atoms with Crippen LogP contribution in [0, 0.1) is 11.3 Å². The van der Waals surface area contributed by atoms with Crippen LogP contribution in [0.15, 0.2) is 12.4 Å².